The van der Waals surface area contributed by atoms with Gasteiger partial charge in [0, 0.05) is 10.0 Å². The fourth-order valence-electron chi connectivity index (χ4n) is 1.21. The van der Waals surface area contributed by atoms with E-state index in [1.807, 2.05) is 0 Å². The molecular weight excluding hydrogens is 265 g/mol. The van der Waals surface area contributed by atoms with Gasteiger partial charge < -0.3 is 4.52 Å². The van der Waals surface area contributed by atoms with Gasteiger partial charge in [-0.2, -0.15) is 0 Å². The molecule has 2 rings (SSSR count). The van der Waals surface area contributed by atoms with Gasteiger partial charge in [-0.1, -0.05) is 21.1 Å². The lowest BCUT2D eigenvalue weighted by Crippen LogP contribution is -1.87. The van der Waals surface area contributed by atoms with E-state index in [9.17, 15) is 9.18 Å². The molecule has 76 valence electrons. The Balaban J connectivity index is 2.62. The molecule has 0 fully saturated rings. The van der Waals surface area contributed by atoms with E-state index in [4.69, 9.17) is 0 Å². The average Bonchev–Trinajstić information content (AvgIpc) is 2.69. The SMILES string of the molecule is O=Cc1conc1-c1cc(F)ccc1Br. The fraction of sp³-hybridized carbons (Fsp3) is 0. The van der Waals surface area contributed by atoms with Gasteiger partial charge in [0.15, 0.2) is 6.29 Å². The first-order valence-electron chi connectivity index (χ1n) is 4.07. The van der Waals surface area contributed by atoms with Crippen molar-refractivity contribution in [1.82, 2.24) is 5.16 Å². The summed E-state index contributed by atoms with van der Waals surface area (Å²) >= 11 is 3.25. The minimum absolute atomic E-state index is 0.293. The maximum absolute atomic E-state index is 13.0. The van der Waals surface area contributed by atoms with Gasteiger partial charge in [-0.05, 0) is 18.2 Å². The van der Waals surface area contributed by atoms with Crippen LogP contribution in [0.1, 0.15) is 10.4 Å². The molecule has 15 heavy (non-hydrogen) atoms. The van der Waals surface area contributed by atoms with Gasteiger partial charge in [-0.3, -0.25) is 4.79 Å². The van der Waals surface area contributed by atoms with Crippen LogP contribution < -0.4 is 0 Å². The van der Waals surface area contributed by atoms with Gasteiger partial charge in [0.05, 0.1) is 5.56 Å². The number of carbonyl (C=O) groups is 1. The normalized spacial score (nSPS) is 10.3. The summed E-state index contributed by atoms with van der Waals surface area (Å²) in [6.45, 7) is 0. The van der Waals surface area contributed by atoms with Gasteiger partial charge in [0.2, 0.25) is 0 Å². The maximum atomic E-state index is 13.0. The van der Waals surface area contributed by atoms with Gasteiger partial charge >= 0.3 is 0 Å². The van der Waals surface area contributed by atoms with Crippen LogP contribution in [0.4, 0.5) is 4.39 Å². The predicted octanol–water partition coefficient (Wildman–Crippen LogP) is 3.06. The molecule has 0 bridgehead atoms. The molecule has 1 aromatic carbocycles. The molecule has 1 aromatic heterocycles. The molecule has 0 saturated heterocycles. The van der Waals surface area contributed by atoms with Crippen molar-refractivity contribution in [2.75, 3.05) is 0 Å². The molecule has 0 aliphatic carbocycles. The first kappa shape index (κ1) is 10.0. The summed E-state index contributed by atoms with van der Waals surface area (Å²) in [4.78, 5) is 10.6. The van der Waals surface area contributed by atoms with E-state index in [1.54, 1.807) is 6.07 Å². The third-order valence-corrected chi connectivity index (χ3v) is 2.60. The predicted molar refractivity (Wildman–Crippen MR) is 55.0 cm³/mol. The number of carbonyl (C=O) groups excluding carboxylic acids is 1. The summed E-state index contributed by atoms with van der Waals surface area (Å²) in [7, 11) is 0. The molecular formula is C10H5BrFNO2. The smallest absolute Gasteiger partial charge is 0.155 e. The van der Waals surface area contributed by atoms with E-state index in [0.29, 0.717) is 27.6 Å². The molecule has 2 aromatic rings. The van der Waals surface area contributed by atoms with Crippen molar-refractivity contribution in [3.8, 4) is 11.3 Å². The highest BCUT2D eigenvalue weighted by molar-refractivity contribution is 9.10. The van der Waals surface area contributed by atoms with E-state index >= 15 is 0 Å². The molecule has 1 heterocycles. The van der Waals surface area contributed by atoms with Crippen LogP contribution in [0.3, 0.4) is 0 Å². The molecule has 0 radical (unpaired) electrons. The lowest BCUT2D eigenvalue weighted by molar-refractivity contribution is 0.112. The molecule has 0 atom stereocenters. The van der Waals surface area contributed by atoms with Crippen molar-refractivity contribution in [1.29, 1.82) is 0 Å². The summed E-state index contributed by atoms with van der Waals surface area (Å²) in [6, 6.07) is 4.15. The number of nitrogens with zero attached hydrogens (tertiary/aromatic N) is 1. The highest BCUT2D eigenvalue weighted by Gasteiger charge is 2.13. The number of hydrogen-bond donors (Lipinski definition) is 0. The molecule has 0 unspecified atom stereocenters. The van der Waals surface area contributed by atoms with Gasteiger partial charge in [-0.15, -0.1) is 0 Å². The lowest BCUT2D eigenvalue weighted by atomic mass is 10.1. The largest absolute Gasteiger partial charge is 0.363 e. The number of aromatic nitrogens is 1. The van der Waals surface area contributed by atoms with Crippen LogP contribution in [0.25, 0.3) is 11.3 Å². The van der Waals surface area contributed by atoms with E-state index in [0.717, 1.165) is 0 Å². The average molecular weight is 270 g/mol. The van der Waals surface area contributed by atoms with Gasteiger partial charge in [-0.25, -0.2) is 4.39 Å². The number of halogens is 2. The Hall–Kier alpha value is -1.49. The standard InChI is InChI=1S/C10H5BrFNO2/c11-9-2-1-7(12)3-8(9)10-6(4-14)5-15-13-10/h1-5H. The molecule has 0 aliphatic rings. The number of rotatable bonds is 2. The third kappa shape index (κ3) is 1.83. The zero-order valence-corrected chi connectivity index (χ0v) is 8.99. The van der Waals surface area contributed by atoms with Crippen molar-refractivity contribution in [2.24, 2.45) is 0 Å². The molecule has 0 aliphatic heterocycles. The minimum Gasteiger partial charge on any atom is -0.363 e. The molecule has 0 amide bonds. The van der Waals surface area contributed by atoms with Crippen molar-refractivity contribution in [2.45, 2.75) is 0 Å². The van der Waals surface area contributed by atoms with E-state index < -0.39 is 5.82 Å². The van der Waals surface area contributed by atoms with Crippen LogP contribution in [0.2, 0.25) is 0 Å². The Morgan fingerprint density at radius 3 is 3.00 bits per heavy atom. The number of aldehydes is 1. The Morgan fingerprint density at radius 1 is 1.47 bits per heavy atom. The molecule has 5 heteroatoms. The second-order valence-electron chi connectivity index (χ2n) is 2.86. The maximum Gasteiger partial charge on any atom is 0.155 e. The minimum atomic E-state index is -0.395. The summed E-state index contributed by atoms with van der Waals surface area (Å²) < 4.78 is 18.3. The van der Waals surface area contributed by atoms with E-state index in [-0.39, 0.29) is 0 Å². The quantitative estimate of drug-likeness (QED) is 0.787. The summed E-state index contributed by atoms with van der Waals surface area (Å²) in [5, 5.41) is 3.66. The van der Waals surface area contributed by atoms with Gasteiger partial charge in [0.25, 0.3) is 0 Å². The number of benzene rings is 1. The van der Waals surface area contributed by atoms with Crippen LogP contribution in [0.5, 0.6) is 0 Å². The van der Waals surface area contributed by atoms with Crippen LogP contribution in [0.15, 0.2) is 33.5 Å². The summed E-state index contributed by atoms with van der Waals surface area (Å²) in [6.07, 6.45) is 1.84. The van der Waals surface area contributed by atoms with Crippen molar-refractivity contribution >= 4 is 22.2 Å². The Kier molecular flexibility index (Phi) is 2.64. The molecule has 3 nitrogen and oxygen atoms in total. The molecule has 0 saturated carbocycles. The van der Waals surface area contributed by atoms with Crippen LogP contribution >= 0.6 is 15.9 Å². The first-order chi connectivity index (χ1) is 7.22. The van der Waals surface area contributed by atoms with E-state index in [1.165, 1.54) is 18.4 Å². The van der Waals surface area contributed by atoms with Crippen molar-refractivity contribution < 1.29 is 13.7 Å². The third-order valence-electron chi connectivity index (χ3n) is 1.91. The fourth-order valence-corrected chi connectivity index (χ4v) is 1.65. The Morgan fingerprint density at radius 2 is 2.27 bits per heavy atom. The summed E-state index contributed by atoms with van der Waals surface area (Å²) in [5.74, 6) is -0.395. The van der Waals surface area contributed by atoms with Gasteiger partial charge in [0.1, 0.15) is 17.8 Å². The number of hydrogen-bond acceptors (Lipinski definition) is 3. The second-order valence-corrected chi connectivity index (χ2v) is 3.71. The van der Waals surface area contributed by atoms with Crippen LogP contribution in [-0.4, -0.2) is 11.4 Å². The second kappa shape index (κ2) is 3.94. The lowest BCUT2D eigenvalue weighted by Gasteiger charge is -2.00. The van der Waals surface area contributed by atoms with Crippen LogP contribution in [-0.2, 0) is 0 Å². The first-order valence-corrected chi connectivity index (χ1v) is 4.86. The molecule has 0 spiro atoms. The molecule has 0 N–H and O–H groups in total. The van der Waals surface area contributed by atoms with E-state index in [2.05, 4.69) is 25.6 Å². The topological polar surface area (TPSA) is 43.1 Å². The summed E-state index contributed by atoms with van der Waals surface area (Å²) in [5.41, 5.74) is 1.11. The zero-order valence-electron chi connectivity index (χ0n) is 7.41. The highest BCUT2D eigenvalue weighted by atomic mass is 79.9. The monoisotopic (exact) mass is 269 g/mol. The zero-order chi connectivity index (χ0) is 10.8. The van der Waals surface area contributed by atoms with Crippen molar-refractivity contribution in [3.63, 3.8) is 0 Å². The Bertz CT molecular complexity index is 510. The van der Waals surface area contributed by atoms with Crippen molar-refractivity contribution in [3.05, 3.63) is 40.3 Å². The van der Waals surface area contributed by atoms with Crippen LogP contribution in [0, 0.1) is 5.82 Å². The Labute approximate surface area is 93.0 Å². The highest BCUT2D eigenvalue weighted by Crippen LogP contribution is 2.29.